The number of anilines is 1. The molecule has 2 N–H and O–H groups in total. The molecular weight excluding hydrogens is 228 g/mol. The Morgan fingerprint density at radius 2 is 2.39 bits per heavy atom. The van der Waals surface area contributed by atoms with E-state index in [2.05, 4.69) is 11.1 Å². The largest absolute Gasteiger partial charge is 0.368 e. The highest BCUT2D eigenvalue weighted by molar-refractivity contribution is 5.79. The molecule has 0 saturated carbocycles. The normalized spacial score (nSPS) is 12.9. The van der Waals surface area contributed by atoms with Crippen molar-refractivity contribution < 1.29 is 4.79 Å². The van der Waals surface area contributed by atoms with Crippen LogP contribution >= 0.6 is 0 Å². The second-order valence-corrected chi connectivity index (χ2v) is 4.41. The minimum absolute atomic E-state index is 0.0942. The number of nitriles is 1. The first kappa shape index (κ1) is 12.4. The van der Waals surface area contributed by atoms with Crippen molar-refractivity contribution in [1.82, 2.24) is 4.98 Å². The molecule has 0 spiro atoms. The van der Waals surface area contributed by atoms with E-state index in [9.17, 15) is 10.1 Å². The standard InChI is InChI=1S/C13H16N4O/c1-2-17(8-12(15)18)13-10(7-14)6-9-4-3-5-11(9)16-13/h6H,2-5,8H2,1H3,(H2,15,18). The first-order chi connectivity index (χ1) is 8.65. The molecule has 5 nitrogen and oxygen atoms in total. The third-order valence-electron chi connectivity index (χ3n) is 3.18. The van der Waals surface area contributed by atoms with Crippen molar-refractivity contribution in [3.05, 3.63) is 22.9 Å². The second kappa shape index (κ2) is 5.05. The highest BCUT2D eigenvalue weighted by Crippen LogP contribution is 2.26. The second-order valence-electron chi connectivity index (χ2n) is 4.41. The number of amides is 1. The van der Waals surface area contributed by atoms with Crippen molar-refractivity contribution in [2.75, 3.05) is 18.0 Å². The van der Waals surface area contributed by atoms with Crippen LogP contribution in [0, 0.1) is 11.3 Å². The van der Waals surface area contributed by atoms with Gasteiger partial charge in [0.2, 0.25) is 5.91 Å². The average Bonchev–Trinajstić information content (AvgIpc) is 2.81. The number of pyridine rings is 1. The molecule has 0 bridgehead atoms. The number of carbonyl (C=O) groups is 1. The molecule has 1 aliphatic rings. The van der Waals surface area contributed by atoms with Crippen molar-refractivity contribution in [1.29, 1.82) is 5.26 Å². The monoisotopic (exact) mass is 244 g/mol. The fourth-order valence-electron chi connectivity index (χ4n) is 2.31. The number of hydrogen-bond donors (Lipinski definition) is 1. The zero-order chi connectivity index (χ0) is 13.1. The number of primary amides is 1. The average molecular weight is 244 g/mol. The van der Waals surface area contributed by atoms with Crippen molar-refractivity contribution in [2.24, 2.45) is 5.73 Å². The van der Waals surface area contributed by atoms with Gasteiger partial charge < -0.3 is 10.6 Å². The van der Waals surface area contributed by atoms with Crippen LogP contribution in [0.15, 0.2) is 6.07 Å². The lowest BCUT2D eigenvalue weighted by atomic mass is 10.1. The van der Waals surface area contributed by atoms with E-state index in [0.717, 1.165) is 30.5 Å². The van der Waals surface area contributed by atoms with Crippen LogP contribution in [-0.4, -0.2) is 24.0 Å². The quantitative estimate of drug-likeness (QED) is 0.847. The number of likely N-dealkylation sites (N-methyl/N-ethyl adjacent to an activating group) is 1. The number of aromatic nitrogens is 1. The van der Waals surface area contributed by atoms with E-state index >= 15 is 0 Å². The molecule has 0 atom stereocenters. The van der Waals surface area contributed by atoms with Crippen LogP contribution in [0.2, 0.25) is 0 Å². The molecule has 0 unspecified atom stereocenters. The maximum absolute atomic E-state index is 11.0. The van der Waals surface area contributed by atoms with Gasteiger partial charge in [-0.25, -0.2) is 4.98 Å². The fourth-order valence-corrected chi connectivity index (χ4v) is 2.31. The number of nitrogens with zero attached hydrogens (tertiary/aromatic N) is 3. The number of carbonyl (C=O) groups excluding carboxylic acids is 1. The molecule has 0 radical (unpaired) electrons. The molecule has 1 heterocycles. The fraction of sp³-hybridized carbons (Fsp3) is 0.462. The smallest absolute Gasteiger partial charge is 0.236 e. The van der Waals surface area contributed by atoms with Gasteiger partial charge in [0.15, 0.2) is 0 Å². The number of hydrogen-bond acceptors (Lipinski definition) is 4. The molecule has 94 valence electrons. The predicted molar refractivity (Wildman–Crippen MR) is 68.1 cm³/mol. The predicted octanol–water partition coefficient (Wildman–Crippen LogP) is 0.754. The Morgan fingerprint density at radius 1 is 1.61 bits per heavy atom. The Kier molecular flexibility index (Phi) is 3.47. The van der Waals surface area contributed by atoms with Gasteiger partial charge in [0, 0.05) is 12.2 Å². The molecule has 0 saturated heterocycles. The highest BCUT2D eigenvalue weighted by atomic mass is 16.1. The molecule has 1 aliphatic carbocycles. The summed E-state index contributed by atoms with van der Waals surface area (Å²) < 4.78 is 0. The van der Waals surface area contributed by atoms with Crippen LogP contribution in [0.5, 0.6) is 0 Å². The number of aryl methyl sites for hydroxylation is 2. The number of rotatable bonds is 4. The van der Waals surface area contributed by atoms with E-state index in [4.69, 9.17) is 5.73 Å². The van der Waals surface area contributed by atoms with Gasteiger partial charge in [-0.05, 0) is 37.8 Å². The SMILES string of the molecule is CCN(CC(N)=O)c1nc2c(cc1C#N)CCC2. The summed E-state index contributed by atoms with van der Waals surface area (Å²) in [6.07, 6.45) is 3.01. The number of fused-ring (bicyclic) bond motifs is 1. The lowest BCUT2D eigenvalue weighted by Crippen LogP contribution is -2.34. The number of nitrogens with two attached hydrogens (primary N) is 1. The molecule has 5 heteroatoms. The molecule has 1 aromatic rings. The summed E-state index contributed by atoms with van der Waals surface area (Å²) in [5, 5.41) is 9.20. The minimum Gasteiger partial charge on any atom is -0.368 e. The van der Waals surface area contributed by atoms with E-state index in [1.165, 1.54) is 0 Å². The van der Waals surface area contributed by atoms with Crippen LogP contribution in [0.25, 0.3) is 0 Å². The van der Waals surface area contributed by atoms with Crippen LogP contribution in [-0.2, 0) is 17.6 Å². The molecule has 0 fully saturated rings. The van der Waals surface area contributed by atoms with Gasteiger partial charge in [-0.2, -0.15) is 5.26 Å². The molecule has 1 aromatic heterocycles. The Labute approximate surface area is 106 Å². The van der Waals surface area contributed by atoms with Crippen LogP contribution < -0.4 is 10.6 Å². The molecule has 1 amide bonds. The third-order valence-corrected chi connectivity index (χ3v) is 3.18. The minimum atomic E-state index is -0.414. The summed E-state index contributed by atoms with van der Waals surface area (Å²) in [5.74, 6) is 0.169. The summed E-state index contributed by atoms with van der Waals surface area (Å²) in [5.41, 5.74) is 7.95. The van der Waals surface area contributed by atoms with Gasteiger partial charge >= 0.3 is 0 Å². The summed E-state index contributed by atoms with van der Waals surface area (Å²) in [6, 6.07) is 4.05. The maximum Gasteiger partial charge on any atom is 0.236 e. The first-order valence-corrected chi connectivity index (χ1v) is 6.11. The lowest BCUT2D eigenvalue weighted by molar-refractivity contribution is -0.116. The van der Waals surface area contributed by atoms with Gasteiger partial charge in [-0.3, -0.25) is 4.79 Å². The summed E-state index contributed by atoms with van der Waals surface area (Å²) >= 11 is 0. The topological polar surface area (TPSA) is 83.0 Å². The van der Waals surface area contributed by atoms with E-state index in [1.54, 1.807) is 4.90 Å². The summed E-state index contributed by atoms with van der Waals surface area (Å²) in [7, 11) is 0. The van der Waals surface area contributed by atoms with Gasteiger partial charge in [-0.1, -0.05) is 0 Å². The first-order valence-electron chi connectivity index (χ1n) is 6.11. The lowest BCUT2D eigenvalue weighted by Gasteiger charge is -2.22. The van der Waals surface area contributed by atoms with Crippen molar-refractivity contribution in [3.63, 3.8) is 0 Å². The van der Waals surface area contributed by atoms with Crippen molar-refractivity contribution in [3.8, 4) is 6.07 Å². The van der Waals surface area contributed by atoms with E-state index in [0.29, 0.717) is 17.9 Å². The summed E-state index contributed by atoms with van der Waals surface area (Å²) in [6.45, 7) is 2.61. The van der Waals surface area contributed by atoms with Gasteiger partial charge in [0.05, 0.1) is 12.1 Å². The van der Waals surface area contributed by atoms with E-state index in [1.807, 2.05) is 13.0 Å². The Hall–Kier alpha value is -2.09. The zero-order valence-electron chi connectivity index (χ0n) is 10.4. The Morgan fingerprint density at radius 3 is 3.00 bits per heavy atom. The Balaban J connectivity index is 2.42. The Bertz CT molecular complexity index is 518. The highest BCUT2D eigenvalue weighted by Gasteiger charge is 2.20. The van der Waals surface area contributed by atoms with Crippen molar-refractivity contribution >= 4 is 11.7 Å². The molecular formula is C13H16N4O. The van der Waals surface area contributed by atoms with Gasteiger partial charge in [0.25, 0.3) is 0 Å². The maximum atomic E-state index is 11.0. The van der Waals surface area contributed by atoms with Gasteiger partial charge in [-0.15, -0.1) is 0 Å². The van der Waals surface area contributed by atoms with Crippen molar-refractivity contribution in [2.45, 2.75) is 26.2 Å². The molecule has 0 aromatic carbocycles. The van der Waals surface area contributed by atoms with Crippen LogP contribution in [0.4, 0.5) is 5.82 Å². The molecule has 18 heavy (non-hydrogen) atoms. The third kappa shape index (κ3) is 2.28. The molecule has 0 aliphatic heterocycles. The van der Waals surface area contributed by atoms with Crippen LogP contribution in [0.1, 0.15) is 30.2 Å². The van der Waals surface area contributed by atoms with E-state index < -0.39 is 5.91 Å². The molecule has 2 rings (SSSR count). The van der Waals surface area contributed by atoms with E-state index in [-0.39, 0.29) is 6.54 Å². The summed E-state index contributed by atoms with van der Waals surface area (Å²) in [4.78, 5) is 17.3. The zero-order valence-corrected chi connectivity index (χ0v) is 10.4. The van der Waals surface area contributed by atoms with Crippen LogP contribution in [0.3, 0.4) is 0 Å². The van der Waals surface area contributed by atoms with Gasteiger partial charge in [0.1, 0.15) is 11.9 Å².